The Kier molecular flexibility index (Phi) is 6.99. The summed E-state index contributed by atoms with van der Waals surface area (Å²) in [5, 5.41) is 2.30. The van der Waals surface area contributed by atoms with Crippen molar-refractivity contribution in [1.29, 1.82) is 0 Å². The number of rotatable bonds is 4. The van der Waals surface area contributed by atoms with E-state index in [4.69, 9.17) is 15.0 Å². The van der Waals surface area contributed by atoms with Gasteiger partial charge in [0, 0.05) is 22.6 Å². The third-order valence-electron chi connectivity index (χ3n) is 13.2. The van der Waals surface area contributed by atoms with Crippen molar-refractivity contribution < 1.29 is 0 Å². The van der Waals surface area contributed by atoms with Gasteiger partial charge in [0.25, 0.3) is 0 Å². The summed E-state index contributed by atoms with van der Waals surface area (Å²) in [5.74, 6) is 2.12. The molecule has 0 fully saturated rings. The Morgan fingerprint density at radius 2 is 0.833 bits per heavy atom. The largest absolute Gasteiger partial charge is 0.208 e. The van der Waals surface area contributed by atoms with Crippen LogP contribution in [0.25, 0.3) is 78.3 Å². The van der Waals surface area contributed by atoms with Crippen molar-refractivity contribution in [2.75, 3.05) is 0 Å². The van der Waals surface area contributed by atoms with Crippen LogP contribution in [0.4, 0.5) is 0 Å². The maximum absolute atomic E-state index is 5.26. The van der Waals surface area contributed by atoms with E-state index in [0.29, 0.717) is 17.5 Å². The zero-order valence-electron chi connectivity index (χ0n) is 32.5. The minimum Gasteiger partial charge on any atom is -0.208 e. The summed E-state index contributed by atoms with van der Waals surface area (Å²) in [6, 6.07) is 75.2. The standard InChI is InChI=1S/C57H35N3/c1-3-16-35(17-4-1)54-58-55(36-18-5-2-6-19-36)60-56(59-54)47-33-38-21-8-7-20-37(38)32-46(47)39-30-31-42-41-23-11-13-27-48(41)57(51(42)34-39)49-28-14-12-25-45(49)52-43-24-10-9-22-40(43)44-26-15-29-50(57)53(44)52/h1-34,52H. The first-order valence-corrected chi connectivity index (χ1v) is 20.7. The van der Waals surface area contributed by atoms with Crippen LogP contribution in [-0.2, 0) is 5.41 Å². The van der Waals surface area contributed by atoms with E-state index in [2.05, 4.69) is 170 Å². The number of fused-ring (bicyclic) bond motifs is 13. The summed E-state index contributed by atoms with van der Waals surface area (Å²) in [4.78, 5) is 15.6. The van der Waals surface area contributed by atoms with Crippen molar-refractivity contribution in [1.82, 2.24) is 15.0 Å². The lowest BCUT2D eigenvalue weighted by molar-refractivity contribution is 0.704. The molecule has 10 aromatic rings. The minimum atomic E-state index is -0.520. The van der Waals surface area contributed by atoms with Gasteiger partial charge in [-0.15, -0.1) is 0 Å². The van der Waals surface area contributed by atoms with Crippen molar-refractivity contribution >= 4 is 10.8 Å². The lowest BCUT2D eigenvalue weighted by Gasteiger charge is -2.42. The van der Waals surface area contributed by atoms with Gasteiger partial charge in [-0.3, -0.25) is 0 Å². The predicted molar refractivity (Wildman–Crippen MR) is 243 cm³/mol. The molecular weight excluding hydrogens is 727 g/mol. The molecule has 3 heteroatoms. The van der Waals surface area contributed by atoms with E-state index in [9.17, 15) is 0 Å². The van der Waals surface area contributed by atoms with E-state index in [0.717, 1.165) is 33.2 Å². The second-order valence-corrected chi connectivity index (χ2v) is 16.2. The van der Waals surface area contributed by atoms with E-state index in [1.165, 1.54) is 66.6 Å². The van der Waals surface area contributed by atoms with Crippen LogP contribution in [0.2, 0.25) is 0 Å². The fraction of sp³-hybridized carbons (Fsp3) is 0.0351. The van der Waals surface area contributed by atoms with E-state index >= 15 is 0 Å². The van der Waals surface area contributed by atoms with Crippen LogP contribution in [0.15, 0.2) is 206 Å². The number of hydrogen-bond acceptors (Lipinski definition) is 3. The van der Waals surface area contributed by atoms with E-state index in [-0.39, 0.29) is 5.92 Å². The molecule has 3 nitrogen and oxygen atoms in total. The van der Waals surface area contributed by atoms with Crippen molar-refractivity contribution in [3.05, 3.63) is 245 Å². The highest BCUT2D eigenvalue weighted by atomic mass is 15.0. The Hall–Kier alpha value is -7.75. The van der Waals surface area contributed by atoms with Gasteiger partial charge >= 0.3 is 0 Å². The zero-order chi connectivity index (χ0) is 39.4. The number of aromatic nitrogens is 3. The Bertz CT molecular complexity index is 3330. The monoisotopic (exact) mass is 761 g/mol. The molecule has 0 radical (unpaired) electrons. The van der Waals surface area contributed by atoms with Gasteiger partial charge in [0.1, 0.15) is 0 Å². The molecule has 3 aliphatic rings. The van der Waals surface area contributed by atoms with Crippen LogP contribution in [0.1, 0.15) is 44.9 Å². The summed E-state index contributed by atoms with van der Waals surface area (Å²) in [6.45, 7) is 0. The van der Waals surface area contributed by atoms with Gasteiger partial charge < -0.3 is 0 Å². The van der Waals surface area contributed by atoms with Gasteiger partial charge in [-0.1, -0.05) is 188 Å². The molecule has 2 atom stereocenters. The summed E-state index contributed by atoms with van der Waals surface area (Å²) in [5.41, 5.74) is 19.4. The van der Waals surface area contributed by atoms with Crippen molar-refractivity contribution in [3.8, 4) is 67.5 Å². The Morgan fingerprint density at radius 1 is 0.300 bits per heavy atom. The topological polar surface area (TPSA) is 38.7 Å². The molecule has 2 unspecified atom stereocenters. The minimum absolute atomic E-state index is 0.183. The molecule has 278 valence electrons. The number of benzene rings is 9. The van der Waals surface area contributed by atoms with Gasteiger partial charge in [0.15, 0.2) is 17.5 Å². The summed E-state index contributed by atoms with van der Waals surface area (Å²) in [7, 11) is 0. The number of nitrogens with zero attached hydrogens (tertiary/aromatic N) is 3. The van der Waals surface area contributed by atoms with Gasteiger partial charge in [0.2, 0.25) is 0 Å². The van der Waals surface area contributed by atoms with Crippen molar-refractivity contribution in [2.24, 2.45) is 0 Å². The highest BCUT2D eigenvalue weighted by Gasteiger charge is 2.53. The first kappa shape index (κ1) is 33.2. The molecule has 9 aromatic carbocycles. The lowest BCUT2D eigenvalue weighted by atomic mass is 9.59. The molecule has 0 bridgehead atoms. The third kappa shape index (κ3) is 4.57. The van der Waals surface area contributed by atoms with Crippen molar-refractivity contribution in [2.45, 2.75) is 11.3 Å². The third-order valence-corrected chi connectivity index (χ3v) is 13.2. The van der Waals surface area contributed by atoms with Crippen LogP contribution >= 0.6 is 0 Å². The molecule has 1 aromatic heterocycles. The molecule has 0 amide bonds. The number of hydrogen-bond donors (Lipinski definition) is 0. The van der Waals surface area contributed by atoms with Crippen molar-refractivity contribution in [3.63, 3.8) is 0 Å². The first-order chi connectivity index (χ1) is 29.8. The summed E-state index contributed by atoms with van der Waals surface area (Å²) < 4.78 is 0. The highest BCUT2D eigenvalue weighted by molar-refractivity contribution is 5.98. The smallest absolute Gasteiger partial charge is 0.164 e. The Labute approximate surface area is 348 Å². The fourth-order valence-electron chi connectivity index (χ4n) is 10.8. The quantitative estimate of drug-likeness (QED) is 0.179. The van der Waals surface area contributed by atoms with Crippen LogP contribution in [0.5, 0.6) is 0 Å². The van der Waals surface area contributed by atoms with E-state index in [1.807, 2.05) is 36.4 Å². The molecule has 0 saturated heterocycles. The van der Waals surface area contributed by atoms with Gasteiger partial charge in [-0.2, -0.15) is 0 Å². The van der Waals surface area contributed by atoms with Crippen LogP contribution in [-0.4, -0.2) is 15.0 Å². The molecule has 3 aliphatic carbocycles. The lowest BCUT2D eigenvalue weighted by Crippen LogP contribution is -2.35. The Morgan fingerprint density at radius 3 is 1.57 bits per heavy atom. The second-order valence-electron chi connectivity index (χ2n) is 16.2. The molecule has 0 saturated carbocycles. The molecule has 1 spiro atoms. The van der Waals surface area contributed by atoms with Gasteiger partial charge in [-0.05, 0) is 101 Å². The van der Waals surface area contributed by atoms with Gasteiger partial charge in [-0.25, -0.2) is 15.0 Å². The SMILES string of the molecule is c1ccc(-c2nc(-c3ccccc3)nc(-c3cc4ccccc4cc3-c3ccc4c(c3)C3(c5ccccc5-4)c4ccccc4C4c5ccccc5-c5cccc3c54)n2)cc1. The average molecular weight is 762 g/mol. The fourth-order valence-corrected chi connectivity index (χ4v) is 10.8. The second kappa shape index (κ2) is 12.6. The molecule has 0 N–H and O–H groups in total. The molecule has 1 heterocycles. The van der Waals surface area contributed by atoms with Gasteiger partial charge in [0.05, 0.1) is 5.41 Å². The predicted octanol–water partition coefficient (Wildman–Crippen LogP) is 13.5. The zero-order valence-corrected chi connectivity index (χ0v) is 32.5. The maximum atomic E-state index is 5.26. The summed E-state index contributed by atoms with van der Waals surface area (Å²) >= 11 is 0. The van der Waals surface area contributed by atoms with E-state index < -0.39 is 5.41 Å². The first-order valence-electron chi connectivity index (χ1n) is 20.7. The van der Waals surface area contributed by atoms with Crippen LogP contribution < -0.4 is 0 Å². The Balaban J connectivity index is 1.10. The molecule has 0 aliphatic heterocycles. The summed E-state index contributed by atoms with van der Waals surface area (Å²) in [6.07, 6.45) is 0. The van der Waals surface area contributed by atoms with E-state index in [1.54, 1.807) is 0 Å². The normalized spacial score (nSPS) is 16.2. The maximum Gasteiger partial charge on any atom is 0.164 e. The van der Waals surface area contributed by atoms with Crippen LogP contribution in [0, 0.1) is 0 Å². The van der Waals surface area contributed by atoms with Crippen LogP contribution in [0.3, 0.4) is 0 Å². The molecule has 60 heavy (non-hydrogen) atoms. The molecule has 13 rings (SSSR count). The highest BCUT2D eigenvalue weighted by Crippen LogP contribution is 2.65. The molecular formula is C57H35N3. The average Bonchev–Trinajstić information content (AvgIpc) is 3.82.